The SMILES string of the molecule is CC(Nc1ccc([N+](=O)[O-])cc1[N+](=O)[O-])c1ccc2c(c1)OCO2. The average molecular weight is 331 g/mol. The number of hydrogen-bond donors (Lipinski definition) is 1. The maximum Gasteiger partial charge on any atom is 0.299 e. The fourth-order valence-electron chi connectivity index (χ4n) is 2.41. The van der Waals surface area contributed by atoms with Crippen molar-refractivity contribution in [3.05, 3.63) is 62.2 Å². The van der Waals surface area contributed by atoms with Gasteiger partial charge in [-0.05, 0) is 30.7 Å². The first-order chi connectivity index (χ1) is 11.5. The molecule has 1 atom stereocenters. The van der Waals surface area contributed by atoms with Gasteiger partial charge in [-0.3, -0.25) is 20.2 Å². The minimum Gasteiger partial charge on any atom is -0.454 e. The van der Waals surface area contributed by atoms with E-state index >= 15 is 0 Å². The minimum absolute atomic E-state index is 0.161. The highest BCUT2D eigenvalue weighted by Gasteiger charge is 2.22. The maximum atomic E-state index is 11.2. The molecule has 1 aliphatic heterocycles. The molecule has 2 aromatic carbocycles. The van der Waals surface area contributed by atoms with E-state index in [0.29, 0.717) is 11.5 Å². The van der Waals surface area contributed by atoms with Crippen LogP contribution in [0.3, 0.4) is 0 Å². The molecule has 1 unspecified atom stereocenters. The lowest BCUT2D eigenvalue weighted by Gasteiger charge is -2.16. The van der Waals surface area contributed by atoms with Crippen molar-refractivity contribution in [1.82, 2.24) is 0 Å². The summed E-state index contributed by atoms with van der Waals surface area (Å²) in [6, 6.07) is 8.59. The first-order valence-corrected chi connectivity index (χ1v) is 7.04. The lowest BCUT2D eigenvalue weighted by atomic mass is 10.1. The van der Waals surface area contributed by atoms with E-state index in [-0.39, 0.29) is 29.9 Å². The molecule has 0 fully saturated rings. The summed E-state index contributed by atoms with van der Waals surface area (Å²) in [5, 5.41) is 25.0. The Balaban J connectivity index is 1.87. The van der Waals surface area contributed by atoms with Crippen molar-refractivity contribution in [3.63, 3.8) is 0 Å². The molecule has 0 amide bonds. The van der Waals surface area contributed by atoms with Gasteiger partial charge in [-0.1, -0.05) is 6.07 Å². The van der Waals surface area contributed by atoms with Gasteiger partial charge in [0.2, 0.25) is 6.79 Å². The van der Waals surface area contributed by atoms with Gasteiger partial charge in [-0.15, -0.1) is 0 Å². The molecule has 1 heterocycles. The standard InChI is InChI=1S/C15H13N3O6/c1-9(10-2-5-14-15(6-10)24-8-23-14)16-12-4-3-11(17(19)20)7-13(12)18(21)22/h2-7,9,16H,8H2,1H3. The zero-order valence-electron chi connectivity index (χ0n) is 12.6. The summed E-state index contributed by atoms with van der Waals surface area (Å²) in [6.07, 6.45) is 0. The van der Waals surface area contributed by atoms with Crippen molar-refractivity contribution in [2.24, 2.45) is 0 Å². The third kappa shape index (κ3) is 2.91. The Hall–Kier alpha value is -3.36. The summed E-state index contributed by atoms with van der Waals surface area (Å²) in [6.45, 7) is 1.98. The second kappa shape index (κ2) is 6.03. The second-order valence-electron chi connectivity index (χ2n) is 5.19. The Morgan fingerprint density at radius 2 is 1.79 bits per heavy atom. The second-order valence-corrected chi connectivity index (χ2v) is 5.19. The Kier molecular flexibility index (Phi) is 3.90. The van der Waals surface area contributed by atoms with Crippen molar-refractivity contribution < 1.29 is 19.3 Å². The van der Waals surface area contributed by atoms with Crippen molar-refractivity contribution in [1.29, 1.82) is 0 Å². The Morgan fingerprint density at radius 3 is 2.50 bits per heavy atom. The van der Waals surface area contributed by atoms with Crippen LogP contribution in [-0.4, -0.2) is 16.6 Å². The van der Waals surface area contributed by atoms with E-state index in [1.54, 1.807) is 12.1 Å². The number of nitro benzene ring substituents is 2. The maximum absolute atomic E-state index is 11.2. The number of nitro groups is 2. The normalized spacial score (nSPS) is 13.4. The molecule has 0 aromatic heterocycles. The number of nitrogens with one attached hydrogen (secondary N) is 1. The Morgan fingerprint density at radius 1 is 1.04 bits per heavy atom. The third-order valence-corrected chi connectivity index (χ3v) is 3.66. The molecule has 24 heavy (non-hydrogen) atoms. The molecule has 2 aromatic rings. The van der Waals surface area contributed by atoms with E-state index in [1.807, 2.05) is 13.0 Å². The highest BCUT2D eigenvalue weighted by atomic mass is 16.7. The number of benzene rings is 2. The largest absolute Gasteiger partial charge is 0.454 e. The van der Waals surface area contributed by atoms with E-state index in [0.717, 1.165) is 11.6 Å². The van der Waals surface area contributed by atoms with Crippen LogP contribution in [0.1, 0.15) is 18.5 Å². The molecule has 1 N–H and O–H groups in total. The fraction of sp³-hybridized carbons (Fsp3) is 0.200. The van der Waals surface area contributed by atoms with Crippen LogP contribution >= 0.6 is 0 Å². The molecular formula is C15H13N3O6. The monoisotopic (exact) mass is 331 g/mol. The van der Waals surface area contributed by atoms with Crippen LogP contribution in [0.15, 0.2) is 36.4 Å². The van der Waals surface area contributed by atoms with E-state index < -0.39 is 9.85 Å². The number of rotatable bonds is 5. The fourth-order valence-corrected chi connectivity index (χ4v) is 2.41. The number of ether oxygens (including phenoxy) is 2. The average Bonchev–Trinajstić information content (AvgIpc) is 3.02. The predicted molar refractivity (Wildman–Crippen MR) is 84.4 cm³/mol. The van der Waals surface area contributed by atoms with Gasteiger partial charge in [0.25, 0.3) is 11.4 Å². The molecule has 0 bridgehead atoms. The Bertz CT molecular complexity index is 823. The molecule has 1 aliphatic rings. The van der Waals surface area contributed by atoms with E-state index in [1.165, 1.54) is 12.1 Å². The van der Waals surface area contributed by atoms with Gasteiger partial charge in [0.15, 0.2) is 11.5 Å². The van der Waals surface area contributed by atoms with Crippen LogP contribution in [0.5, 0.6) is 11.5 Å². The smallest absolute Gasteiger partial charge is 0.299 e. The zero-order chi connectivity index (χ0) is 17.3. The Labute approximate surface area is 136 Å². The van der Waals surface area contributed by atoms with Gasteiger partial charge < -0.3 is 14.8 Å². The van der Waals surface area contributed by atoms with Gasteiger partial charge in [0.1, 0.15) is 5.69 Å². The lowest BCUT2D eigenvalue weighted by Crippen LogP contribution is -2.08. The van der Waals surface area contributed by atoms with Gasteiger partial charge in [0, 0.05) is 12.1 Å². The molecule has 0 aliphatic carbocycles. The summed E-state index contributed by atoms with van der Waals surface area (Å²) in [5.74, 6) is 1.26. The van der Waals surface area contributed by atoms with Crippen LogP contribution in [0.4, 0.5) is 17.1 Å². The van der Waals surface area contributed by atoms with Gasteiger partial charge >= 0.3 is 0 Å². The van der Waals surface area contributed by atoms with Gasteiger partial charge in [0.05, 0.1) is 15.9 Å². The number of hydrogen-bond acceptors (Lipinski definition) is 7. The van der Waals surface area contributed by atoms with Crippen molar-refractivity contribution >= 4 is 17.1 Å². The van der Waals surface area contributed by atoms with Crippen LogP contribution in [0.25, 0.3) is 0 Å². The minimum atomic E-state index is -0.669. The van der Waals surface area contributed by atoms with Crippen LogP contribution in [-0.2, 0) is 0 Å². The van der Waals surface area contributed by atoms with Crippen molar-refractivity contribution in [2.75, 3.05) is 12.1 Å². The van der Waals surface area contributed by atoms with Gasteiger partial charge in [-0.25, -0.2) is 0 Å². The number of nitrogens with zero attached hydrogens (tertiary/aromatic N) is 2. The first kappa shape index (κ1) is 15.5. The zero-order valence-corrected chi connectivity index (χ0v) is 12.6. The number of fused-ring (bicyclic) bond motifs is 1. The molecule has 124 valence electrons. The van der Waals surface area contributed by atoms with E-state index in [9.17, 15) is 20.2 Å². The molecule has 0 saturated heterocycles. The molecule has 0 spiro atoms. The molecule has 0 saturated carbocycles. The summed E-state index contributed by atoms with van der Waals surface area (Å²) >= 11 is 0. The van der Waals surface area contributed by atoms with E-state index in [4.69, 9.17) is 9.47 Å². The predicted octanol–water partition coefficient (Wildman–Crippen LogP) is 3.40. The summed E-state index contributed by atoms with van der Waals surface area (Å²) in [5.41, 5.74) is 0.363. The molecule has 9 nitrogen and oxygen atoms in total. The molecule has 3 rings (SSSR count). The van der Waals surface area contributed by atoms with Crippen LogP contribution in [0, 0.1) is 20.2 Å². The summed E-state index contributed by atoms with van der Waals surface area (Å²) in [7, 11) is 0. The van der Waals surface area contributed by atoms with E-state index in [2.05, 4.69) is 5.32 Å². The van der Waals surface area contributed by atoms with Crippen molar-refractivity contribution in [2.45, 2.75) is 13.0 Å². The highest BCUT2D eigenvalue weighted by Crippen LogP contribution is 2.36. The quantitative estimate of drug-likeness (QED) is 0.659. The summed E-state index contributed by atoms with van der Waals surface area (Å²) < 4.78 is 10.6. The van der Waals surface area contributed by atoms with Crippen LogP contribution in [0.2, 0.25) is 0 Å². The highest BCUT2D eigenvalue weighted by molar-refractivity contribution is 5.66. The molecule has 0 radical (unpaired) electrons. The third-order valence-electron chi connectivity index (χ3n) is 3.66. The molecular weight excluding hydrogens is 318 g/mol. The lowest BCUT2D eigenvalue weighted by molar-refractivity contribution is -0.393. The van der Waals surface area contributed by atoms with Gasteiger partial charge in [-0.2, -0.15) is 0 Å². The number of non-ortho nitro benzene ring substituents is 1. The number of anilines is 1. The topological polar surface area (TPSA) is 117 Å². The summed E-state index contributed by atoms with van der Waals surface area (Å²) in [4.78, 5) is 20.6. The van der Waals surface area contributed by atoms with Crippen molar-refractivity contribution in [3.8, 4) is 11.5 Å². The first-order valence-electron chi connectivity index (χ1n) is 7.04. The molecule has 9 heteroatoms. The van der Waals surface area contributed by atoms with Crippen LogP contribution < -0.4 is 14.8 Å².